The summed E-state index contributed by atoms with van der Waals surface area (Å²) >= 11 is 12.5. The van der Waals surface area contributed by atoms with Crippen molar-refractivity contribution in [3.63, 3.8) is 0 Å². The summed E-state index contributed by atoms with van der Waals surface area (Å²) in [5.41, 5.74) is 4.41. The van der Waals surface area contributed by atoms with E-state index in [1.165, 1.54) is 11.1 Å². The van der Waals surface area contributed by atoms with Gasteiger partial charge in [-0.1, -0.05) is 96.0 Å². The number of para-hydroxylation sites is 1. The van der Waals surface area contributed by atoms with Crippen LogP contribution in [0.3, 0.4) is 0 Å². The summed E-state index contributed by atoms with van der Waals surface area (Å²) in [6, 6.07) is 35.5. The van der Waals surface area contributed by atoms with Crippen LogP contribution in [0.5, 0.6) is 0 Å². The van der Waals surface area contributed by atoms with Crippen LogP contribution in [-0.4, -0.2) is 41.0 Å². The highest BCUT2D eigenvalue weighted by molar-refractivity contribution is 6.42. The number of fused-ring (bicyclic) bond motifs is 1. The molecule has 1 aliphatic heterocycles. The lowest BCUT2D eigenvalue weighted by molar-refractivity contribution is 0.212. The highest BCUT2D eigenvalue weighted by Crippen LogP contribution is 2.33. The molecule has 0 radical (unpaired) electrons. The fraction of sp³-hybridized carbons (Fsp3) is 0.161. The number of nitrogens with zero attached hydrogens (tertiary/aromatic N) is 4. The molecule has 5 aromatic rings. The van der Waals surface area contributed by atoms with E-state index >= 15 is 0 Å². The summed E-state index contributed by atoms with van der Waals surface area (Å²) in [6.45, 7) is 3.60. The van der Waals surface area contributed by atoms with Crippen LogP contribution in [-0.2, 0) is 0 Å². The van der Waals surface area contributed by atoms with Gasteiger partial charge in [-0.05, 0) is 41.5 Å². The van der Waals surface area contributed by atoms with Gasteiger partial charge in [-0.15, -0.1) is 0 Å². The Morgan fingerprint density at radius 1 is 0.622 bits per heavy atom. The lowest BCUT2D eigenvalue weighted by atomic mass is 9.96. The van der Waals surface area contributed by atoms with Crippen molar-refractivity contribution in [1.82, 2.24) is 14.9 Å². The van der Waals surface area contributed by atoms with E-state index in [1.807, 2.05) is 30.3 Å². The van der Waals surface area contributed by atoms with Gasteiger partial charge in [0.05, 0.1) is 21.6 Å². The molecule has 0 aliphatic carbocycles. The Morgan fingerprint density at radius 3 is 1.89 bits per heavy atom. The van der Waals surface area contributed by atoms with Crippen LogP contribution in [0.25, 0.3) is 22.3 Å². The normalized spacial score (nSPS) is 14.4. The molecule has 0 saturated carbocycles. The van der Waals surface area contributed by atoms with Crippen molar-refractivity contribution in [2.45, 2.75) is 6.04 Å². The van der Waals surface area contributed by atoms with E-state index in [0.29, 0.717) is 15.9 Å². The quantitative estimate of drug-likeness (QED) is 0.238. The van der Waals surface area contributed by atoms with Gasteiger partial charge in [-0.25, -0.2) is 9.97 Å². The number of piperazine rings is 1. The smallest absolute Gasteiger partial charge is 0.162 e. The predicted octanol–water partition coefficient (Wildman–Crippen LogP) is 7.52. The molecule has 6 rings (SSSR count). The molecule has 1 saturated heterocycles. The fourth-order valence-electron chi connectivity index (χ4n) is 5.14. The molecule has 1 aromatic heterocycles. The summed E-state index contributed by atoms with van der Waals surface area (Å²) in [7, 11) is 0. The Bertz CT molecular complexity index is 1480. The number of hydrogen-bond donors (Lipinski definition) is 0. The minimum atomic E-state index is 0.221. The standard InChI is InChI=1S/C31H26Cl2N4/c32-26-16-15-24(21-27(26)33)30-34-28-14-8-7-13-25(28)31(35-30)37-19-17-36(18-20-37)29(22-9-3-1-4-10-22)23-11-5-2-6-12-23/h1-16,21,29H,17-20H2. The molecule has 0 N–H and O–H groups in total. The van der Waals surface area contributed by atoms with Crippen molar-refractivity contribution in [3.05, 3.63) is 124 Å². The molecule has 0 unspecified atom stereocenters. The Labute approximate surface area is 227 Å². The Morgan fingerprint density at radius 2 is 1.24 bits per heavy atom. The van der Waals surface area contributed by atoms with Crippen molar-refractivity contribution in [2.75, 3.05) is 31.1 Å². The van der Waals surface area contributed by atoms with E-state index < -0.39 is 0 Å². The molecule has 184 valence electrons. The van der Waals surface area contributed by atoms with E-state index in [1.54, 1.807) is 6.07 Å². The van der Waals surface area contributed by atoms with E-state index in [0.717, 1.165) is 48.5 Å². The molecule has 0 bridgehead atoms. The monoisotopic (exact) mass is 524 g/mol. The summed E-state index contributed by atoms with van der Waals surface area (Å²) in [5.74, 6) is 1.61. The molecule has 1 fully saturated rings. The number of benzene rings is 4. The van der Waals surface area contributed by atoms with Crippen molar-refractivity contribution in [2.24, 2.45) is 0 Å². The maximum atomic E-state index is 6.31. The van der Waals surface area contributed by atoms with Crippen LogP contribution in [0.4, 0.5) is 5.82 Å². The minimum absolute atomic E-state index is 0.221. The zero-order valence-corrected chi connectivity index (χ0v) is 21.8. The zero-order chi connectivity index (χ0) is 25.2. The second kappa shape index (κ2) is 10.5. The summed E-state index contributed by atoms with van der Waals surface area (Å²) in [4.78, 5) is 14.8. The third-order valence-electron chi connectivity index (χ3n) is 6.97. The highest BCUT2D eigenvalue weighted by Gasteiger charge is 2.28. The lowest BCUT2D eigenvalue weighted by Gasteiger charge is -2.40. The Balaban J connectivity index is 1.32. The molecule has 0 spiro atoms. The average Bonchev–Trinajstić information content (AvgIpc) is 2.96. The molecular weight excluding hydrogens is 499 g/mol. The lowest BCUT2D eigenvalue weighted by Crippen LogP contribution is -2.48. The first-order chi connectivity index (χ1) is 18.2. The number of rotatable bonds is 5. The molecule has 0 atom stereocenters. The zero-order valence-electron chi connectivity index (χ0n) is 20.3. The van der Waals surface area contributed by atoms with E-state index in [-0.39, 0.29) is 6.04 Å². The van der Waals surface area contributed by atoms with Crippen molar-refractivity contribution >= 4 is 39.9 Å². The van der Waals surface area contributed by atoms with Gasteiger partial charge in [-0.3, -0.25) is 4.90 Å². The molecule has 4 nitrogen and oxygen atoms in total. The van der Waals surface area contributed by atoms with Gasteiger partial charge < -0.3 is 4.90 Å². The van der Waals surface area contributed by atoms with Crippen LogP contribution in [0, 0.1) is 0 Å². The molecular formula is C31H26Cl2N4. The number of halogens is 2. The predicted molar refractivity (Wildman–Crippen MR) is 154 cm³/mol. The first kappa shape index (κ1) is 23.9. The molecule has 1 aliphatic rings. The molecule has 37 heavy (non-hydrogen) atoms. The van der Waals surface area contributed by atoms with Crippen LogP contribution in [0.2, 0.25) is 10.0 Å². The third kappa shape index (κ3) is 4.93. The fourth-order valence-corrected chi connectivity index (χ4v) is 5.44. The molecule has 6 heteroatoms. The molecule has 2 heterocycles. The minimum Gasteiger partial charge on any atom is -0.353 e. The third-order valence-corrected chi connectivity index (χ3v) is 7.71. The van der Waals surface area contributed by atoms with E-state index in [4.69, 9.17) is 33.2 Å². The number of aromatic nitrogens is 2. The van der Waals surface area contributed by atoms with Gasteiger partial charge in [0.25, 0.3) is 0 Å². The maximum absolute atomic E-state index is 6.31. The second-order valence-corrected chi connectivity index (χ2v) is 10.1. The SMILES string of the molecule is Clc1ccc(-c2nc(N3CCN(C(c4ccccc4)c4ccccc4)CC3)c3ccccc3n2)cc1Cl. The number of anilines is 1. The Kier molecular flexibility index (Phi) is 6.79. The van der Waals surface area contributed by atoms with E-state index in [9.17, 15) is 0 Å². The largest absolute Gasteiger partial charge is 0.353 e. The molecule has 0 amide bonds. The average molecular weight is 525 g/mol. The van der Waals surface area contributed by atoms with Crippen LogP contribution < -0.4 is 4.90 Å². The van der Waals surface area contributed by atoms with Crippen LogP contribution in [0.15, 0.2) is 103 Å². The first-order valence-electron chi connectivity index (χ1n) is 12.5. The van der Waals surface area contributed by atoms with Gasteiger partial charge in [0, 0.05) is 37.1 Å². The second-order valence-electron chi connectivity index (χ2n) is 9.26. The van der Waals surface area contributed by atoms with Gasteiger partial charge in [-0.2, -0.15) is 0 Å². The van der Waals surface area contributed by atoms with Gasteiger partial charge >= 0.3 is 0 Å². The number of hydrogen-bond acceptors (Lipinski definition) is 4. The highest BCUT2D eigenvalue weighted by atomic mass is 35.5. The summed E-state index contributed by atoms with van der Waals surface area (Å²) < 4.78 is 0. The van der Waals surface area contributed by atoms with Gasteiger partial charge in [0.1, 0.15) is 5.82 Å². The van der Waals surface area contributed by atoms with Crippen molar-refractivity contribution in [1.29, 1.82) is 0 Å². The Hall–Kier alpha value is -3.44. The van der Waals surface area contributed by atoms with Crippen LogP contribution >= 0.6 is 23.2 Å². The first-order valence-corrected chi connectivity index (χ1v) is 13.2. The van der Waals surface area contributed by atoms with Crippen molar-refractivity contribution < 1.29 is 0 Å². The van der Waals surface area contributed by atoms with Crippen molar-refractivity contribution in [3.8, 4) is 11.4 Å². The summed E-state index contributed by atoms with van der Waals surface area (Å²) in [5, 5.41) is 2.08. The maximum Gasteiger partial charge on any atom is 0.162 e. The van der Waals surface area contributed by atoms with Gasteiger partial charge in [0.15, 0.2) is 5.82 Å². The molecule has 4 aromatic carbocycles. The van der Waals surface area contributed by atoms with Gasteiger partial charge in [0.2, 0.25) is 0 Å². The van der Waals surface area contributed by atoms with E-state index in [2.05, 4.69) is 76.5 Å². The summed E-state index contributed by atoms with van der Waals surface area (Å²) in [6.07, 6.45) is 0. The topological polar surface area (TPSA) is 32.3 Å². The van der Waals surface area contributed by atoms with Crippen LogP contribution in [0.1, 0.15) is 17.2 Å².